The molecule has 1 saturated carbocycles. The second kappa shape index (κ2) is 6.71. The number of esters is 1. The van der Waals surface area contributed by atoms with E-state index in [1.807, 2.05) is 41.5 Å². The molecule has 0 spiro atoms. The first kappa shape index (κ1) is 18.5. The van der Waals surface area contributed by atoms with Crippen molar-refractivity contribution in [2.45, 2.75) is 84.0 Å². The second-order valence-corrected chi connectivity index (χ2v) is 7.86. The topological polar surface area (TPSA) is 64.6 Å². The summed E-state index contributed by atoms with van der Waals surface area (Å²) in [6.45, 7) is 10.9. The molecule has 1 aliphatic carbocycles. The Morgan fingerprint density at radius 2 is 1.45 bits per heavy atom. The normalized spacial score (nSPS) is 18.3. The predicted octanol–water partition coefficient (Wildman–Crippen LogP) is 3.72. The zero-order valence-corrected chi connectivity index (χ0v) is 14.6. The van der Waals surface area contributed by atoms with Gasteiger partial charge in [-0.2, -0.15) is 0 Å². The van der Waals surface area contributed by atoms with Gasteiger partial charge in [-0.25, -0.2) is 9.59 Å². The number of amides is 1. The summed E-state index contributed by atoms with van der Waals surface area (Å²) in [7, 11) is 0. The molecule has 1 rings (SSSR count). The summed E-state index contributed by atoms with van der Waals surface area (Å²) in [4.78, 5) is 23.8. The molecule has 1 fully saturated rings. The summed E-state index contributed by atoms with van der Waals surface area (Å²) in [6, 6.07) is 0. The molecule has 0 aliphatic heterocycles. The van der Waals surface area contributed by atoms with Gasteiger partial charge < -0.3 is 14.8 Å². The van der Waals surface area contributed by atoms with Crippen molar-refractivity contribution in [3.05, 3.63) is 12.2 Å². The fourth-order valence-electron chi connectivity index (χ4n) is 2.41. The van der Waals surface area contributed by atoms with Crippen LogP contribution in [0.25, 0.3) is 0 Å². The summed E-state index contributed by atoms with van der Waals surface area (Å²) in [5.41, 5.74) is -1.58. The van der Waals surface area contributed by atoms with Crippen LogP contribution in [0.1, 0.15) is 67.2 Å². The van der Waals surface area contributed by atoms with Crippen LogP contribution in [-0.2, 0) is 14.3 Å². The van der Waals surface area contributed by atoms with Crippen molar-refractivity contribution in [1.82, 2.24) is 5.32 Å². The third-order valence-corrected chi connectivity index (χ3v) is 3.19. The van der Waals surface area contributed by atoms with E-state index in [-0.39, 0.29) is 0 Å². The van der Waals surface area contributed by atoms with E-state index in [2.05, 4.69) is 5.32 Å². The van der Waals surface area contributed by atoms with Crippen LogP contribution in [0.5, 0.6) is 0 Å². The van der Waals surface area contributed by atoms with Gasteiger partial charge in [0, 0.05) is 6.08 Å². The van der Waals surface area contributed by atoms with E-state index in [0.717, 1.165) is 25.7 Å². The zero-order valence-electron chi connectivity index (χ0n) is 14.6. The Labute approximate surface area is 133 Å². The Balaban J connectivity index is 2.72. The van der Waals surface area contributed by atoms with E-state index < -0.39 is 28.8 Å². The molecule has 1 amide bonds. The number of carbonyl (C=O) groups is 2. The molecule has 1 N–H and O–H groups in total. The largest absolute Gasteiger partial charge is 0.457 e. The maximum atomic E-state index is 12.0. The van der Waals surface area contributed by atoms with Crippen LogP contribution in [0, 0.1) is 0 Å². The Bertz CT molecular complexity index is 435. The number of ether oxygens (including phenoxy) is 2. The van der Waals surface area contributed by atoms with Crippen LogP contribution < -0.4 is 5.32 Å². The monoisotopic (exact) mass is 311 g/mol. The van der Waals surface area contributed by atoms with Crippen LogP contribution in [0.15, 0.2) is 12.2 Å². The SMILES string of the molecule is CC(C)(C)OC(=O)C=CC1(NC(=O)OC(C)(C)C)CCCC1. The maximum Gasteiger partial charge on any atom is 0.408 e. The van der Waals surface area contributed by atoms with Crippen molar-refractivity contribution >= 4 is 12.1 Å². The average Bonchev–Trinajstić information content (AvgIpc) is 2.70. The van der Waals surface area contributed by atoms with Crippen molar-refractivity contribution in [1.29, 1.82) is 0 Å². The highest BCUT2D eigenvalue weighted by Gasteiger charge is 2.34. The van der Waals surface area contributed by atoms with Crippen molar-refractivity contribution < 1.29 is 19.1 Å². The van der Waals surface area contributed by atoms with Crippen LogP contribution >= 0.6 is 0 Å². The first-order valence-corrected chi connectivity index (χ1v) is 7.84. The average molecular weight is 311 g/mol. The number of nitrogens with one attached hydrogen (secondary N) is 1. The summed E-state index contributed by atoms with van der Waals surface area (Å²) in [5.74, 6) is -0.398. The molecule has 1 aliphatic rings. The summed E-state index contributed by atoms with van der Waals surface area (Å²) in [5, 5.41) is 2.91. The van der Waals surface area contributed by atoms with E-state index in [0.29, 0.717) is 0 Å². The number of hydrogen-bond donors (Lipinski definition) is 1. The van der Waals surface area contributed by atoms with Gasteiger partial charge in [0.1, 0.15) is 11.2 Å². The molecule has 0 radical (unpaired) electrons. The van der Waals surface area contributed by atoms with Gasteiger partial charge in [0.15, 0.2) is 0 Å². The molecular formula is C17H29NO4. The first-order valence-electron chi connectivity index (χ1n) is 7.84. The highest BCUT2D eigenvalue weighted by atomic mass is 16.6. The lowest BCUT2D eigenvalue weighted by Crippen LogP contribution is -2.47. The van der Waals surface area contributed by atoms with E-state index >= 15 is 0 Å². The van der Waals surface area contributed by atoms with Crippen molar-refractivity contribution in [3.63, 3.8) is 0 Å². The van der Waals surface area contributed by atoms with Gasteiger partial charge in [0.2, 0.25) is 0 Å². The fourth-order valence-corrected chi connectivity index (χ4v) is 2.41. The Kier molecular flexibility index (Phi) is 5.65. The molecule has 5 nitrogen and oxygen atoms in total. The molecule has 0 atom stereocenters. The molecule has 0 aromatic heterocycles. The van der Waals surface area contributed by atoms with E-state index in [1.54, 1.807) is 6.08 Å². The van der Waals surface area contributed by atoms with Crippen LogP contribution in [-0.4, -0.2) is 28.8 Å². The van der Waals surface area contributed by atoms with Gasteiger partial charge in [-0.1, -0.05) is 18.9 Å². The highest BCUT2D eigenvalue weighted by Crippen LogP contribution is 2.31. The smallest absolute Gasteiger partial charge is 0.408 e. The lowest BCUT2D eigenvalue weighted by molar-refractivity contribution is -0.148. The third kappa shape index (κ3) is 6.96. The van der Waals surface area contributed by atoms with Crippen LogP contribution in [0.2, 0.25) is 0 Å². The third-order valence-electron chi connectivity index (χ3n) is 3.19. The van der Waals surface area contributed by atoms with Gasteiger partial charge in [-0.05, 0) is 54.4 Å². The molecular weight excluding hydrogens is 282 g/mol. The standard InChI is InChI=1S/C17H29NO4/c1-15(2,3)21-13(19)9-12-17(10-7-8-11-17)18-14(20)22-16(4,5)6/h9,12H,7-8,10-11H2,1-6H3,(H,18,20). The Morgan fingerprint density at radius 3 is 1.91 bits per heavy atom. The lowest BCUT2D eigenvalue weighted by atomic mass is 9.97. The van der Waals surface area contributed by atoms with E-state index in [9.17, 15) is 9.59 Å². The molecule has 0 aromatic carbocycles. The Morgan fingerprint density at radius 1 is 0.955 bits per heavy atom. The molecule has 0 heterocycles. The van der Waals surface area contributed by atoms with Crippen molar-refractivity contribution in [2.24, 2.45) is 0 Å². The fraction of sp³-hybridized carbons (Fsp3) is 0.765. The number of rotatable bonds is 3. The first-order chi connectivity index (χ1) is 9.91. The van der Waals surface area contributed by atoms with Gasteiger partial charge in [-0.15, -0.1) is 0 Å². The molecule has 126 valence electrons. The number of alkyl carbamates (subject to hydrolysis) is 1. The number of hydrogen-bond acceptors (Lipinski definition) is 4. The second-order valence-electron chi connectivity index (χ2n) is 7.86. The van der Waals surface area contributed by atoms with E-state index in [1.165, 1.54) is 6.08 Å². The van der Waals surface area contributed by atoms with Crippen molar-refractivity contribution in [3.8, 4) is 0 Å². The molecule has 0 bridgehead atoms. The lowest BCUT2D eigenvalue weighted by Gasteiger charge is -2.29. The Hall–Kier alpha value is -1.52. The van der Waals surface area contributed by atoms with Crippen molar-refractivity contribution in [2.75, 3.05) is 0 Å². The minimum Gasteiger partial charge on any atom is -0.457 e. The molecule has 0 saturated heterocycles. The van der Waals surface area contributed by atoms with Gasteiger partial charge in [0.25, 0.3) is 0 Å². The minimum atomic E-state index is -0.543. The summed E-state index contributed by atoms with van der Waals surface area (Å²) >= 11 is 0. The zero-order chi connectivity index (χ0) is 17.0. The van der Waals surface area contributed by atoms with Gasteiger partial charge >= 0.3 is 12.1 Å². The quantitative estimate of drug-likeness (QED) is 0.637. The molecule has 0 unspecified atom stereocenters. The number of carbonyl (C=O) groups excluding carboxylic acids is 2. The maximum absolute atomic E-state index is 12.0. The highest BCUT2D eigenvalue weighted by molar-refractivity contribution is 5.82. The van der Waals surface area contributed by atoms with Crippen LogP contribution in [0.3, 0.4) is 0 Å². The molecule has 0 aromatic rings. The summed E-state index contributed by atoms with van der Waals surface area (Å²) < 4.78 is 10.6. The van der Waals surface area contributed by atoms with Crippen LogP contribution in [0.4, 0.5) is 4.79 Å². The molecule has 5 heteroatoms. The minimum absolute atomic E-state index is 0.398. The van der Waals surface area contributed by atoms with E-state index in [4.69, 9.17) is 9.47 Å². The van der Waals surface area contributed by atoms with Gasteiger partial charge in [0.05, 0.1) is 5.54 Å². The van der Waals surface area contributed by atoms with Gasteiger partial charge in [-0.3, -0.25) is 0 Å². The molecule has 22 heavy (non-hydrogen) atoms. The summed E-state index contributed by atoms with van der Waals surface area (Å²) in [6.07, 6.45) is 6.31. The predicted molar refractivity (Wildman–Crippen MR) is 85.6 cm³/mol.